The van der Waals surface area contributed by atoms with E-state index in [0.717, 1.165) is 33.9 Å². The van der Waals surface area contributed by atoms with Crippen molar-refractivity contribution in [3.8, 4) is 22.7 Å². The number of nitrogens with zero attached hydrogens (tertiary/aromatic N) is 2. The maximum Gasteiger partial charge on any atom is 0.228 e. The molecule has 0 saturated heterocycles. The van der Waals surface area contributed by atoms with Crippen LogP contribution in [0.4, 0.5) is 5.69 Å². The third-order valence-electron chi connectivity index (χ3n) is 3.97. The molecule has 0 fully saturated rings. The average Bonchev–Trinajstić information content (AvgIpc) is 2.92. The van der Waals surface area contributed by atoms with Crippen LogP contribution >= 0.6 is 0 Å². The Kier molecular flexibility index (Phi) is 3.12. The van der Waals surface area contributed by atoms with Crippen LogP contribution in [0, 0.1) is 0 Å². The number of aromatic nitrogens is 2. The Morgan fingerprint density at radius 3 is 2.70 bits per heavy atom. The molecule has 1 amide bonds. The first-order valence-corrected chi connectivity index (χ1v) is 7.37. The highest BCUT2D eigenvalue weighted by Gasteiger charge is 2.23. The summed E-state index contributed by atoms with van der Waals surface area (Å²) < 4.78 is 7.07. The summed E-state index contributed by atoms with van der Waals surface area (Å²) in [6.45, 7) is 0. The molecule has 1 aliphatic heterocycles. The number of carbonyl (C=O) groups is 1. The van der Waals surface area contributed by atoms with E-state index in [1.807, 2.05) is 53.2 Å². The zero-order valence-electron chi connectivity index (χ0n) is 12.6. The van der Waals surface area contributed by atoms with Gasteiger partial charge in [-0.25, -0.2) is 4.68 Å². The van der Waals surface area contributed by atoms with Crippen LogP contribution in [0.25, 0.3) is 16.9 Å². The molecule has 0 radical (unpaired) electrons. The number of benzene rings is 2. The van der Waals surface area contributed by atoms with Crippen LogP contribution in [0.2, 0.25) is 0 Å². The number of methoxy groups -OCH3 is 1. The second-order valence-corrected chi connectivity index (χ2v) is 5.40. The molecule has 0 unspecified atom stereocenters. The van der Waals surface area contributed by atoms with E-state index >= 15 is 0 Å². The number of amides is 1. The van der Waals surface area contributed by atoms with Crippen molar-refractivity contribution in [3.63, 3.8) is 0 Å². The van der Waals surface area contributed by atoms with Crippen molar-refractivity contribution in [1.82, 2.24) is 9.78 Å². The fourth-order valence-corrected chi connectivity index (χ4v) is 2.88. The zero-order chi connectivity index (χ0) is 15.8. The van der Waals surface area contributed by atoms with Crippen LogP contribution in [-0.4, -0.2) is 22.8 Å². The van der Waals surface area contributed by atoms with E-state index in [1.165, 1.54) is 0 Å². The molecule has 1 N–H and O–H groups in total. The molecule has 114 valence electrons. The Hall–Kier alpha value is -3.08. The third kappa shape index (κ3) is 2.26. The Labute approximate surface area is 133 Å². The Morgan fingerprint density at radius 2 is 1.91 bits per heavy atom. The Bertz CT molecular complexity index is 882. The molecule has 23 heavy (non-hydrogen) atoms. The maximum absolute atomic E-state index is 12.1. The lowest BCUT2D eigenvalue weighted by Gasteiger charge is -2.11. The Morgan fingerprint density at radius 1 is 1.13 bits per heavy atom. The van der Waals surface area contributed by atoms with Gasteiger partial charge in [0, 0.05) is 11.1 Å². The van der Waals surface area contributed by atoms with Gasteiger partial charge in [0.15, 0.2) is 0 Å². The van der Waals surface area contributed by atoms with Crippen molar-refractivity contribution in [2.24, 2.45) is 0 Å². The maximum atomic E-state index is 12.1. The summed E-state index contributed by atoms with van der Waals surface area (Å²) in [5.41, 5.74) is 4.58. The molecule has 0 spiro atoms. The van der Waals surface area contributed by atoms with E-state index in [4.69, 9.17) is 4.74 Å². The van der Waals surface area contributed by atoms with Crippen LogP contribution in [0.3, 0.4) is 0 Å². The van der Waals surface area contributed by atoms with Gasteiger partial charge >= 0.3 is 0 Å². The van der Waals surface area contributed by atoms with Gasteiger partial charge in [-0.05, 0) is 30.3 Å². The predicted molar refractivity (Wildman–Crippen MR) is 87.9 cm³/mol. The molecule has 0 saturated carbocycles. The summed E-state index contributed by atoms with van der Waals surface area (Å²) in [5.74, 6) is 0.773. The quantitative estimate of drug-likeness (QED) is 0.791. The van der Waals surface area contributed by atoms with E-state index in [0.29, 0.717) is 6.42 Å². The second kappa shape index (κ2) is 5.28. The van der Waals surface area contributed by atoms with Gasteiger partial charge < -0.3 is 10.1 Å². The number of nitrogens with one attached hydrogen (secondary N) is 1. The van der Waals surface area contributed by atoms with E-state index in [2.05, 4.69) is 10.4 Å². The van der Waals surface area contributed by atoms with Crippen LogP contribution in [0.5, 0.6) is 5.75 Å². The number of hydrogen-bond acceptors (Lipinski definition) is 3. The van der Waals surface area contributed by atoms with E-state index in [9.17, 15) is 4.79 Å². The van der Waals surface area contributed by atoms with Crippen molar-refractivity contribution < 1.29 is 9.53 Å². The molecular weight excluding hydrogens is 290 g/mol. The highest BCUT2D eigenvalue weighted by molar-refractivity contribution is 6.00. The molecule has 0 bridgehead atoms. The molecular formula is C18H15N3O2. The van der Waals surface area contributed by atoms with Crippen LogP contribution in [0.1, 0.15) is 5.56 Å². The van der Waals surface area contributed by atoms with Gasteiger partial charge in [0.25, 0.3) is 0 Å². The van der Waals surface area contributed by atoms with Crippen molar-refractivity contribution in [3.05, 3.63) is 60.3 Å². The van der Waals surface area contributed by atoms with Crippen molar-refractivity contribution in [2.45, 2.75) is 6.42 Å². The first-order valence-electron chi connectivity index (χ1n) is 7.37. The molecule has 4 rings (SSSR count). The molecule has 1 aliphatic rings. The molecule has 0 atom stereocenters. The lowest BCUT2D eigenvalue weighted by molar-refractivity contribution is -0.115. The minimum absolute atomic E-state index is 0.0227. The smallest absolute Gasteiger partial charge is 0.228 e. The van der Waals surface area contributed by atoms with Gasteiger partial charge in [0.05, 0.1) is 36.8 Å². The first kappa shape index (κ1) is 13.6. The predicted octanol–water partition coefficient (Wildman–Crippen LogP) is 3.04. The summed E-state index contributed by atoms with van der Waals surface area (Å²) in [6.07, 6.45) is 2.08. The number of anilines is 1. The standard InChI is InChI=1S/C18H15N3O2/c1-23-14-8-6-13(7-9-14)21-18-12(11-19-21)10-17(22)20-16-5-3-2-4-15(16)18/h2-9,11H,10H2,1H3,(H,20,22). The fourth-order valence-electron chi connectivity index (χ4n) is 2.88. The summed E-state index contributed by atoms with van der Waals surface area (Å²) in [4.78, 5) is 12.1. The van der Waals surface area contributed by atoms with Crippen molar-refractivity contribution >= 4 is 11.6 Å². The monoisotopic (exact) mass is 305 g/mol. The Balaban J connectivity index is 1.92. The van der Waals surface area contributed by atoms with Gasteiger partial charge in [0.1, 0.15) is 5.75 Å². The number of fused-ring (bicyclic) bond motifs is 3. The molecule has 2 aromatic carbocycles. The molecule has 2 heterocycles. The van der Waals surface area contributed by atoms with Crippen LogP contribution < -0.4 is 10.1 Å². The fraction of sp³-hybridized carbons (Fsp3) is 0.111. The molecule has 5 heteroatoms. The SMILES string of the molecule is COc1ccc(-n2ncc3c2-c2ccccc2NC(=O)C3)cc1. The zero-order valence-corrected chi connectivity index (χ0v) is 12.6. The highest BCUT2D eigenvalue weighted by Crippen LogP contribution is 2.35. The second-order valence-electron chi connectivity index (χ2n) is 5.40. The number of para-hydroxylation sites is 1. The van der Waals surface area contributed by atoms with Gasteiger partial charge in [-0.2, -0.15) is 5.10 Å². The number of carbonyl (C=O) groups excluding carboxylic acids is 1. The lowest BCUT2D eigenvalue weighted by Crippen LogP contribution is -2.12. The normalized spacial score (nSPS) is 12.8. The number of ether oxygens (including phenoxy) is 1. The summed E-state index contributed by atoms with van der Waals surface area (Å²) in [6, 6.07) is 15.5. The topological polar surface area (TPSA) is 56.1 Å². The van der Waals surface area contributed by atoms with E-state index in [-0.39, 0.29) is 5.91 Å². The minimum atomic E-state index is -0.0227. The van der Waals surface area contributed by atoms with Crippen LogP contribution in [0.15, 0.2) is 54.7 Å². The van der Waals surface area contributed by atoms with E-state index < -0.39 is 0 Å². The van der Waals surface area contributed by atoms with Crippen LogP contribution in [-0.2, 0) is 11.2 Å². The van der Waals surface area contributed by atoms with Gasteiger partial charge in [-0.3, -0.25) is 4.79 Å². The molecule has 1 aromatic heterocycles. The first-order chi connectivity index (χ1) is 11.3. The van der Waals surface area contributed by atoms with Gasteiger partial charge in [-0.1, -0.05) is 18.2 Å². The van der Waals surface area contributed by atoms with Crippen molar-refractivity contribution in [2.75, 3.05) is 12.4 Å². The average molecular weight is 305 g/mol. The largest absolute Gasteiger partial charge is 0.497 e. The molecule has 0 aliphatic carbocycles. The minimum Gasteiger partial charge on any atom is -0.497 e. The number of hydrogen-bond donors (Lipinski definition) is 1. The third-order valence-corrected chi connectivity index (χ3v) is 3.97. The molecule has 3 aromatic rings. The summed E-state index contributed by atoms with van der Waals surface area (Å²) in [7, 11) is 1.64. The highest BCUT2D eigenvalue weighted by atomic mass is 16.5. The van der Waals surface area contributed by atoms with Gasteiger partial charge in [-0.15, -0.1) is 0 Å². The lowest BCUT2D eigenvalue weighted by atomic mass is 10.1. The summed E-state index contributed by atoms with van der Waals surface area (Å²) in [5, 5.41) is 7.45. The van der Waals surface area contributed by atoms with E-state index in [1.54, 1.807) is 13.3 Å². The van der Waals surface area contributed by atoms with Crippen molar-refractivity contribution in [1.29, 1.82) is 0 Å². The summed E-state index contributed by atoms with van der Waals surface area (Å²) >= 11 is 0. The number of rotatable bonds is 2. The van der Waals surface area contributed by atoms with Gasteiger partial charge in [0.2, 0.25) is 5.91 Å². The molecule has 5 nitrogen and oxygen atoms in total.